The fourth-order valence-corrected chi connectivity index (χ4v) is 0.416. The zero-order chi connectivity index (χ0) is 8.15. The van der Waals surface area contributed by atoms with Crippen molar-refractivity contribution in [2.75, 3.05) is 6.54 Å². The van der Waals surface area contributed by atoms with E-state index >= 15 is 0 Å². The molecular formula is C5H10N2O3. The highest BCUT2D eigenvalue weighted by Crippen LogP contribution is 1.87. The van der Waals surface area contributed by atoms with Crippen molar-refractivity contribution in [2.45, 2.75) is 12.5 Å². The third-order valence-corrected chi connectivity index (χ3v) is 0.992. The Balaban J connectivity index is 3.68. The molecule has 0 saturated carbocycles. The lowest BCUT2D eigenvalue weighted by molar-refractivity contribution is -0.140. The van der Waals surface area contributed by atoms with Crippen molar-refractivity contribution in [2.24, 2.45) is 11.5 Å². The van der Waals surface area contributed by atoms with Gasteiger partial charge in [-0.05, 0) is 0 Å². The summed E-state index contributed by atoms with van der Waals surface area (Å²) in [5.41, 5.74) is 9.94. The molecule has 10 heavy (non-hydrogen) atoms. The van der Waals surface area contributed by atoms with Crippen LogP contribution in [-0.2, 0) is 9.59 Å². The van der Waals surface area contributed by atoms with E-state index in [1.54, 1.807) is 0 Å². The van der Waals surface area contributed by atoms with Gasteiger partial charge in [0, 0.05) is 6.42 Å². The molecule has 0 spiro atoms. The fourth-order valence-electron chi connectivity index (χ4n) is 0.416. The Morgan fingerprint density at radius 3 is 2.30 bits per heavy atom. The van der Waals surface area contributed by atoms with Gasteiger partial charge in [-0.2, -0.15) is 0 Å². The Kier molecular flexibility index (Phi) is 3.60. The van der Waals surface area contributed by atoms with Crippen LogP contribution in [0.1, 0.15) is 6.42 Å². The molecule has 0 aromatic heterocycles. The summed E-state index contributed by atoms with van der Waals surface area (Å²) >= 11 is 0. The van der Waals surface area contributed by atoms with Crippen molar-refractivity contribution in [3.8, 4) is 0 Å². The zero-order valence-corrected chi connectivity index (χ0v) is 5.41. The molecule has 0 radical (unpaired) electrons. The van der Waals surface area contributed by atoms with Crippen molar-refractivity contribution in [1.29, 1.82) is 0 Å². The largest absolute Gasteiger partial charge is 0.480 e. The Morgan fingerprint density at radius 1 is 1.50 bits per heavy atom. The maximum atomic E-state index is 10.5. The quantitative estimate of drug-likeness (QED) is 0.439. The summed E-state index contributed by atoms with van der Waals surface area (Å²) in [4.78, 5) is 20.5. The zero-order valence-electron chi connectivity index (χ0n) is 5.41. The first-order chi connectivity index (χ1) is 4.57. The van der Waals surface area contributed by atoms with Crippen LogP contribution in [0.4, 0.5) is 0 Å². The van der Waals surface area contributed by atoms with Crippen LogP contribution in [0.5, 0.6) is 0 Å². The maximum Gasteiger partial charge on any atom is 0.320 e. The van der Waals surface area contributed by atoms with Crippen LogP contribution in [0.25, 0.3) is 0 Å². The molecule has 0 bridgehead atoms. The van der Waals surface area contributed by atoms with Crippen LogP contribution in [-0.4, -0.2) is 29.4 Å². The number of rotatable bonds is 4. The number of carboxylic acids is 1. The van der Waals surface area contributed by atoms with Crippen LogP contribution in [0.15, 0.2) is 0 Å². The number of carbonyl (C=O) groups excluding carboxylic acids is 1. The molecule has 0 aromatic rings. The lowest BCUT2D eigenvalue weighted by Gasteiger charge is -2.01. The van der Waals surface area contributed by atoms with E-state index < -0.39 is 12.0 Å². The Bertz CT molecular complexity index is 146. The number of nitrogens with two attached hydrogens (primary N) is 2. The van der Waals surface area contributed by atoms with Gasteiger partial charge in [-0.25, -0.2) is 0 Å². The lowest BCUT2D eigenvalue weighted by atomic mass is 10.1. The molecule has 0 heterocycles. The first-order valence-electron chi connectivity index (χ1n) is 2.78. The molecule has 5 N–H and O–H groups in total. The average molecular weight is 146 g/mol. The predicted molar refractivity (Wildman–Crippen MR) is 34.3 cm³/mol. The first-order valence-corrected chi connectivity index (χ1v) is 2.78. The van der Waals surface area contributed by atoms with E-state index in [0.29, 0.717) is 0 Å². The SMILES string of the molecule is NCC(=O)C[C@H](N)C(=O)O. The number of aliphatic carboxylic acids is 1. The minimum atomic E-state index is -1.18. The van der Waals surface area contributed by atoms with Crippen LogP contribution >= 0.6 is 0 Å². The molecular weight excluding hydrogens is 136 g/mol. The molecule has 0 aliphatic carbocycles. The van der Waals surface area contributed by atoms with Gasteiger partial charge in [-0.15, -0.1) is 0 Å². The van der Waals surface area contributed by atoms with E-state index in [1.807, 2.05) is 0 Å². The van der Waals surface area contributed by atoms with Crippen molar-refractivity contribution in [1.82, 2.24) is 0 Å². The lowest BCUT2D eigenvalue weighted by Crippen LogP contribution is -2.34. The van der Waals surface area contributed by atoms with Crippen LogP contribution in [0, 0.1) is 0 Å². The normalized spacial score (nSPS) is 12.6. The number of carboxylic acid groups (broad SMARTS) is 1. The topological polar surface area (TPSA) is 106 Å². The number of Topliss-reactive ketones (excluding diaryl/α,β-unsaturated/α-hetero) is 1. The Labute approximate surface area is 58.0 Å². The van der Waals surface area contributed by atoms with E-state index in [2.05, 4.69) is 0 Å². The number of carbonyl (C=O) groups is 2. The van der Waals surface area contributed by atoms with Gasteiger partial charge >= 0.3 is 5.97 Å². The third kappa shape index (κ3) is 3.16. The fraction of sp³-hybridized carbons (Fsp3) is 0.600. The third-order valence-electron chi connectivity index (χ3n) is 0.992. The summed E-state index contributed by atoms with van der Waals surface area (Å²) in [6, 6.07) is -1.11. The summed E-state index contributed by atoms with van der Waals surface area (Å²) in [5.74, 6) is -1.52. The van der Waals surface area contributed by atoms with Crippen molar-refractivity contribution < 1.29 is 14.7 Å². The number of hydrogen-bond acceptors (Lipinski definition) is 4. The Morgan fingerprint density at radius 2 is 2.00 bits per heavy atom. The van der Waals surface area contributed by atoms with Gasteiger partial charge in [-0.1, -0.05) is 0 Å². The standard InChI is InChI=1S/C5H10N2O3/c6-2-3(8)1-4(7)5(9)10/h4H,1-2,6-7H2,(H,9,10)/t4-/m0/s1. The second-order valence-corrected chi connectivity index (χ2v) is 1.89. The monoisotopic (exact) mass is 146 g/mol. The molecule has 5 nitrogen and oxygen atoms in total. The summed E-state index contributed by atoms with van der Waals surface area (Å²) in [7, 11) is 0. The van der Waals surface area contributed by atoms with E-state index in [-0.39, 0.29) is 18.7 Å². The van der Waals surface area contributed by atoms with Gasteiger partial charge in [0.15, 0.2) is 0 Å². The highest BCUT2D eigenvalue weighted by atomic mass is 16.4. The van der Waals surface area contributed by atoms with Gasteiger partial charge in [0.2, 0.25) is 0 Å². The second-order valence-electron chi connectivity index (χ2n) is 1.89. The molecule has 0 aliphatic rings. The number of ketones is 1. The summed E-state index contributed by atoms with van der Waals surface area (Å²) in [6.07, 6.45) is -0.189. The molecule has 0 amide bonds. The Hall–Kier alpha value is -0.940. The second kappa shape index (κ2) is 3.97. The van der Waals surface area contributed by atoms with Gasteiger partial charge in [0.25, 0.3) is 0 Å². The highest BCUT2D eigenvalue weighted by molar-refractivity contribution is 5.86. The average Bonchev–Trinajstić information content (AvgIpc) is 1.87. The van der Waals surface area contributed by atoms with Crippen molar-refractivity contribution >= 4 is 11.8 Å². The summed E-state index contributed by atoms with van der Waals surface area (Å²) in [6.45, 7) is -0.152. The maximum absolute atomic E-state index is 10.5. The molecule has 0 aromatic carbocycles. The van der Waals surface area contributed by atoms with E-state index in [1.165, 1.54) is 0 Å². The molecule has 58 valence electrons. The van der Waals surface area contributed by atoms with Gasteiger partial charge < -0.3 is 16.6 Å². The van der Waals surface area contributed by atoms with Gasteiger partial charge in [0.1, 0.15) is 11.8 Å². The van der Waals surface area contributed by atoms with E-state index in [0.717, 1.165) is 0 Å². The van der Waals surface area contributed by atoms with Gasteiger partial charge in [0.05, 0.1) is 6.54 Å². The van der Waals surface area contributed by atoms with Crippen molar-refractivity contribution in [3.05, 3.63) is 0 Å². The first kappa shape index (κ1) is 9.06. The highest BCUT2D eigenvalue weighted by Gasteiger charge is 2.14. The number of hydrogen-bond donors (Lipinski definition) is 3. The minimum Gasteiger partial charge on any atom is -0.480 e. The summed E-state index contributed by atoms with van der Waals surface area (Å²) in [5, 5.41) is 8.21. The molecule has 0 saturated heterocycles. The van der Waals surface area contributed by atoms with Crippen LogP contribution < -0.4 is 11.5 Å². The van der Waals surface area contributed by atoms with Gasteiger partial charge in [-0.3, -0.25) is 9.59 Å². The molecule has 5 heteroatoms. The molecule has 0 rings (SSSR count). The van der Waals surface area contributed by atoms with Crippen LogP contribution in [0.2, 0.25) is 0 Å². The van der Waals surface area contributed by atoms with Crippen molar-refractivity contribution in [3.63, 3.8) is 0 Å². The smallest absolute Gasteiger partial charge is 0.320 e. The van der Waals surface area contributed by atoms with Crippen LogP contribution in [0.3, 0.4) is 0 Å². The molecule has 0 fully saturated rings. The molecule has 0 aliphatic heterocycles. The van der Waals surface area contributed by atoms with E-state index in [4.69, 9.17) is 16.6 Å². The minimum absolute atomic E-state index is 0.152. The summed E-state index contributed by atoms with van der Waals surface area (Å²) < 4.78 is 0. The molecule has 1 atom stereocenters. The molecule has 0 unspecified atom stereocenters. The predicted octanol–water partition coefficient (Wildman–Crippen LogP) is -1.68. The van der Waals surface area contributed by atoms with E-state index in [9.17, 15) is 9.59 Å².